The first-order chi connectivity index (χ1) is 21.3. The normalized spacial score (nSPS) is 18.8. The molecular formula is C35H42N2O7. The smallest absolute Gasteiger partial charge is 0.328 e. The molecule has 2 aliphatic rings. The average molecular weight is 603 g/mol. The molecule has 0 saturated carbocycles. The van der Waals surface area contributed by atoms with Crippen LogP contribution in [0.1, 0.15) is 40.9 Å². The second kappa shape index (κ2) is 16.7. The molecule has 44 heavy (non-hydrogen) atoms. The Hall–Kier alpha value is -4.02. The Morgan fingerprint density at radius 3 is 1.98 bits per heavy atom. The number of rotatable bonds is 11. The third-order valence-electron chi connectivity index (χ3n) is 8.12. The fourth-order valence-electron chi connectivity index (χ4n) is 5.77. The van der Waals surface area contributed by atoms with E-state index in [1.54, 1.807) is 7.11 Å². The number of methoxy groups -OCH3 is 1. The van der Waals surface area contributed by atoms with E-state index in [0.717, 1.165) is 63.4 Å². The topological polar surface area (TPSA) is 120 Å². The molecule has 3 aromatic rings. The Morgan fingerprint density at radius 1 is 0.864 bits per heavy atom. The molecule has 1 aliphatic heterocycles. The van der Waals surface area contributed by atoms with Gasteiger partial charge in [-0.15, -0.1) is 0 Å². The minimum atomic E-state index is -1.26. The number of ether oxygens (including phenoxy) is 2. The fourth-order valence-corrected chi connectivity index (χ4v) is 5.77. The van der Waals surface area contributed by atoms with Crippen molar-refractivity contribution in [2.75, 3.05) is 53.0 Å². The van der Waals surface area contributed by atoms with Gasteiger partial charge in [-0.05, 0) is 47.2 Å². The van der Waals surface area contributed by atoms with Crippen LogP contribution in [-0.4, -0.2) is 90.0 Å². The van der Waals surface area contributed by atoms with Crippen LogP contribution in [0.15, 0.2) is 91.0 Å². The van der Waals surface area contributed by atoms with Crippen LogP contribution in [-0.2, 0) is 20.7 Å². The van der Waals surface area contributed by atoms with Crippen LogP contribution in [0.5, 0.6) is 5.75 Å². The number of aryl methyl sites for hydroxylation is 1. The second-order valence-electron chi connectivity index (χ2n) is 11.0. The number of carboxylic acid groups (broad SMARTS) is 2. The minimum Gasteiger partial charge on any atom is -0.497 e. The number of carboxylic acids is 2. The van der Waals surface area contributed by atoms with Gasteiger partial charge in [0.1, 0.15) is 11.9 Å². The lowest BCUT2D eigenvalue weighted by molar-refractivity contribution is -0.134. The van der Waals surface area contributed by atoms with Gasteiger partial charge in [0.15, 0.2) is 0 Å². The van der Waals surface area contributed by atoms with Crippen molar-refractivity contribution in [1.82, 2.24) is 9.80 Å². The average Bonchev–Trinajstić information content (AvgIpc) is 3.05. The summed E-state index contributed by atoms with van der Waals surface area (Å²) >= 11 is 0. The van der Waals surface area contributed by atoms with Crippen molar-refractivity contribution in [3.8, 4) is 5.75 Å². The summed E-state index contributed by atoms with van der Waals surface area (Å²) in [6.07, 6.45) is 2.72. The van der Waals surface area contributed by atoms with E-state index >= 15 is 0 Å². The fraction of sp³-hybridized carbons (Fsp3) is 0.371. The maximum Gasteiger partial charge on any atom is 0.328 e. The minimum absolute atomic E-state index is 0.0377. The number of hydrogen-bond donors (Lipinski definition) is 3. The zero-order valence-corrected chi connectivity index (χ0v) is 25.1. The number of piperazine rings is 1. The summed E-state index contributed by atoms with van der Waals surface area (Å²) in [4.78, 5) is 24.1. The predicted molar refractivity (Wildman–Crippen MR) is 168 cm³/mol. The number of fused-ring (bicyclic) bond motifs is 1. The molecule has 0 spiro atoms. The standard InChI is InChI=1S/C31H38N2O3.C4H4O4/c1-35-28-14-15-29-26(22-28)12-13-27(30(29)34)23-33-18-16-32(17-19-33)20-21-36-31(24-8-4-2-5-9-24)25-10-6-3-7-11-25;5-3(6)1-2-4(7)8/h2-11,14-15,22,27,30-31,34H,12-13,16-21,23H2,1H3;1-2H,(H,5,6)(H,7,8)/b;2-1-. The molecule has 9 heteroatoms. The van der Waals surface area contributed by atoms with Gasteiger partial charge in [0.05, 0.1) is 19.8 Å². The molecule has 0 aromatic heterocycles. The number of benzene rings is 3. The predicted octanol–water partition coefficient (Wildman–Crippen LogP) is 4.43. The number of carbonyl (C=O) groups is 2. The van der Waals surface area contributed by atoms with Gasteiger partial charge >= 0.3 is 11.9 Å². The number of aliphatic hydroxyl groups excluding tert-OH is 1. The van der Waals surface area contributed by atoms with Crippen molar-refractivity contribution in [3.63, 3.8) is 0 Å². The summed E-state index contributed by atoms with van der Waals surface area (Å²) in [6, 6.07) is 27.1. The van der Waals surface area contributed by atoms with Gasteiger partial charge in [-0.25, -0.2) is 9.59 Å². The monoisotopic (exact) mass is 602 g/mol. The molecule has 1 saturated heterocycles. The number of aliphatic carboxylic acids is 2. The molecular weight excluding hydrogens is 560 g/mol. The molecule has 1 aliphatic carbocycles. The Balaban J connectivity index is 0.000000488. The Bertz CT molecular complexity index is 1300. The Morgan fingerprint density at radius 2 is 1.43 bits per heavy atom. The van der Waals surface area contributed by atoms with E-state index in [1.807, 2.05) is 24.3 Å². The van der Waals surface area contributed by atoms with Crippen LogP contribution >= 0.6 is 0 Å². The molecule has 0 amide bonds. The van der Waals surface area contributed by atoms with Gasteiger partial charge in [-0.3, -0.25) is 4.90 Å². The maximum absolute atomic E-state index is 11.0. The van der Waals surface area contributed by atoms with E-state index < -0.39 is 11.9 Å². The van der Waals surface area contributed by atoms with E-state index in [-0.39, 0.29) is 12.2 Å². The van der Waals surface area contributed by atoms with E-state index in [2.05, 4.69) is 64.4 Å². The quantitative estimate of drug-likeness (QED) is 0.274. The molecule has 1 fully saturated rings. The van der Waals surface area contributed by atoms with Crippen molar-refractivity contribution in [3.05, 3.63) is 113 Å². The summed E-state index contributed by atoms with van der Waals surface area (Å²) in [5, 5.41) is 26.7. The zero-order valence-electron chi connectivity index (χ0n) is 25.1. The largest absolute Gasteiger partial charge is 0.497 e. The van der Waals surface area contributed by atoms with E-state index in [1.165, 1.54) is 16.7 Å². The van der Waals surface area contributed by atoms with Gasteiger partial charge in [-0.2, -0.15) is 0 Å². The van der Waals surface area contributed by atoms with Crippen molar-refractivity contribution >= 4 is 11.9 Å². The second-order valence-corrected chi connectivity index (χ2v) is 11.0. The highest BCUT2D eigenvalue weighted by molar-refractivity contribution is 5.89. The first-order valence-corrected chi connectivity index (χ1v) is 15.0. The summed E-state index contributed by atoms with van der Waals surface area (Å²) < 4.78 is 11.8. The molecule has 2 unspecified atom stereocenters. The molecule has 3 N–H and O–H groups in total. The molecule has 5 rings (SSSR count). The summed E-state index contributed by atoms with van der Waals surface area (Å²) in [5.41, 5.74) is 4.70. The lowest BCUT2D eigenvalue weighted by Crippen LogP contribution is -2.49. The number of hydrogen-bond acceptors (Lipinski definition) is 7. The Labute approximate surface area is 259 Å². The van der Waals surface area contributed by atoms with Gasteiger partial charge < -0.3 is 29.7 Å². The summed E-state index contributed by atoms with van der Waals surface area (Å²) in [6.45, 7) is 6.77. The maximum atomic E-state index is 11.0. The van der Waals surface area contributed by atoms with Crippen molar-refractivity contribution in [1.29, 1.82) is 0 Å². The van der Waals surface area contributed by atoms with Gasteiger partial charge in [0.2, 0.25) is 0 Å². The summed E-state index contributed by atoms with van der Waals surface area (Å²) in [7, 11) is 1.69. The summed E-state index contributed by atoms with van der Waals surface area (Å²) in [5.74, 6) is -1.35. The molecule has 234 valence electrons. The third-order valence-corrected chi connectivity index (χ3v) is 8.12. The van der Waals surface area contributed by atoms with E-state index in [4.69, 9.17) is 19.7 Å². The van der Waals surface area contributed by atoms with Crippen LogP contribution < -0.4 is 4.74 Å². The van der Waals surface area contributed by atoms with Crippen LogP contribution in [0, 0.1) is 5.92 Å². The number of nitrogens with zero attached hydrogens (tertiary/aromatic N) is 2. The first-order valence-electron chi connectivity index (χ1n) is 15.0. The first kappa shape index (κ1) is 32.9. The third kappa shape index (κ3) is 9.75. The molecule has 1 heterocycles. The van der Waals surface area contributed by atoms with Crippen molar-refractivity contribution in [2.45, 2.75) is 25.0 Å². The zero-order chi connectivity index (χ0) is 31.3. The highest BCUT2D eigenvalue weighted by Crippen LogP contribution is 2.36. The highest BCUT2D eigenvalue weighted by atomic mass is 16.5. The molecule has 9 nitrogen and oxygen atoms in total. The van der Waals surface area contributed by atoms with Crippen molar-refractivity contribution < 1.29 is 34.4 Å². The van der Waals surface area contributed by atoms with Crippen LogP contribution in [0.2, 0.25) is 0 Å². The molecule has 0 bridgehead atoms. The van der Waals surface area contributed by atoms with Crippen LogP contribution in [0.4, 0.5) is 0 Å². The van der Waals surface area contributed by atoms with E-state index in [9.17, 15) is 14.7 Å². The van der Waals surface area contributed by atoms with Crippen molar-refractivity contribution in [2.24, 2.45) is 5.92 Å². The van der Waals surface area contributed by atoms with E-state index in [0.29, 0.717) is 24.7 Å². The van der Waals surface area contributed by atoms with Gasteiger partial charge in [0, 0.05) is 57.3 Å². The Kier molecular flexibility index (Phi) is 12.5. The van der Waals surface area contributed by atoms with Crippen LogP contribution in [0.3, 0.4) is 0 Å². The lowest BCUT2D eigenvalue weighted by Gasteiger charge is -2.39. The lowest BCUT2D eigenvalue weighted by atomic mass is 9.81. The SMILES string of the molecule is COc1ccc2c(c1)CCC(CN1CCN(CCOC(c3ccccc3)c3ccccc3)CC1)C2O.O=C(O)/C=C\C(=O)O. The highest BCUT2D eigenvalue weighted by Gasteiger charge is 2.30. The number of aliphatic hydroxyl groups is 1. The van der Waals surface area contributed by atoms with Gasteiger partial charge in [0.25, 0.3) is 0 Å². The molecule has 0 radical (unpaired) electrons. The van der Waals surface area contributed by atoms with Gasteiger partial charge in [-0.1, -0.05) is 66.7 Å². The molecule has 2 atom stereocenters. The molecule has 3 aromatic carbocycles. The van der Waals surface area contributed by atoms with Crippen LogP contribution in [0.25, 0.3) is 0 Å².